The van der Waals surface area contributed by atoms with Gasteiger partial charge in [-0.1, -0.05) is 11.6 Å². The molecule has 0 unspecified atom stereocenters. The van der Waals surface area contributed by atoms with E-state index in [0.29, 0.717) is 27.6 Å². The van der Waals surface area contributed by atoms with Crippen LogP contribution in [-0.4, -0.2) is 39.9 Å². The third kappa shape index (κ3) is 4.45. The van der Waals surface area contributed by atoms with E-state index in [1.807, 2.05) is 0 Å². The van der Waals surface area contributed by atoms with Crippen LogP contribution in [-0.2, 0) is 25.4 Å². The number of hydrogen-bond acceptors (Lipinski definition) is 7. The van der Waals surface area contributed by atoms with Gasteiger partial charge in [-0.2, -0.15) is 4.98 Å². The Morgan fingerprint density at radius 3 is 2.45 bits per heavy atom. The molecule has 0 saturated heterocycles. The highest BCUT2D eigenvalue weighted by Gasteiger charge is 2.25. The van der Waals surface area contributed by atoms with Crippen molar-refractivity contribution >= 4 is 51.4 Å². The van der Waals surface area contributed by atoms with Gasteiger partial charge in [0.15, 0.2) is 11.2 Å². The van der Waals surface area contributed by atoms with Crippen LogP contribution in [0.25, 0.3) is 22.1 Å². The summed E-state index contributed by atoms with van der Waals surface area (Å²) in [6.07, 6.45) is 2.63. The van der Waals surface area contributed by atoms with E-state index in [9.17, 15) is 14.4 Å². The molecule has 1 aromatic carbocycles. The topological polar surface area (TPSA) is 118 Å². The Morgan fingerprint density at radius 2 is 1.76 bits per heavy atom. The van der Waals surface area contributed by atoms with Gasteiger partial charge in [0.05, 0.1) is 17.8 Å². The van der Waals surface area contributed by atoms with E-state index in [-0.39, 0.29) is 17.7 Å². The molecule has 12 heteroatoms. The molecule has 0 bridgehead atoms. The number of ether oxygens (including phenoxy) is 1. The third-order valence-electron chi connectivity index (χ3n) is 6.03. The number of pyridine rings is 1. The molecule has 38 heavy (non-hydrogen) atoms. The molecule has 196 valence electrons. The molecule has 0 radical (unpaired) electrons. The van der Waals surface area contributed by atoms with Crippen LogP contribution < -0.4 is 16.6 Å². The normalized spacial score (nSPS) is 11.8. The highest BCUT2D eigenvalue weighted by atomic mass is 35.5. The summed E-state index contributed by atoms with van der Waals surface area (Å²) in [5.74, 6) is 0.383. The largest absolute Gasteiger partial charge is 0.443 e. The quantitative estimate of drug-likeness (QED) is 0.369. The summed E-state index contributed by atoms with van der Waals surface area (Å²) >= 11 is 6.19. The molecule has 0 aliphatic rings. The Hall–Kier alpha value is -4.38. The van der Waals surface area contributed by atoms with Crippen LogP contribution in [0.1, 0.15) is 26.5 Å². The van der Waals surface area contributed by atoms with Crippen molar-refractivity contribution in [2.45, 2.75) is 32.9 Å². The molecule has 0 aliphatic heterocycles. The fourth-order valence-electron chi connectivity index (χ4n) is 4.30. The summed E-state index contributed by atoms with van der Waals surface area (Å²) in [5.41, 5.74) is 0.262. The average Bonchev–Trinajstić information content (AvgIpc) is 3.37. The summed E-state index contributed by atoms with van der Waals surface area (Å²) < 4.78 is 11.0. The van der Waals surface area contributed by atoms with Crippen LogP contribution in [0.4, 0.5) is 16.4 Å². The molecule has 4 aromatic heterocycles. The summed E-state index contributed by atoms with van der Waals surface area (Å²) in [4.78, 5) is 48.8. The Balaban J connectivity index is 1.66. The molecular weight excluding hydrogens is 510 g/mol. The van der Waals surface area contributed by atoms with E-state index >= 15 is 0 Å². The van der Waals surface area contributed by atoms with Crippen LogP contribution in [0.2, 0.25) is 5.02 Å². The molecule has 0 aliphatic carbocycles. The molecule has 1 N–H and O–H groups in total. The van der Waals surface area contributed by atoms with Gasteiger partial charge in [0.25, 0.3) is 5.56 Å². The molecule has 0 fully saturated rings. The van der Waals surface area contributed by atoms with Crippen molar-refractivity contribution < 1.29 is 9.53 Å². The number of anilines is 2. The molecule has 5 aromatic rings. The molecule has 0 saturated carbocycles. The van der Waals surface area contributed by atoms with Crippen LogP contribution in [0.5, 0.6) is 0 Å². The molecule has 5 rings (SSSR count). The standard InChI is InChI=1S/C26H26ClN7O4/c1-26(2,3)38-25(37)34-18(13-15-12-16(27)6-7-19(15)34)14-33-22(35)20-21(32(5)24(33)36)30-23(31(20)4)29-17-8-10-28-11-9-17/h6-13H,14H2,1-5H3,(H,28,29,30). The molecule has 0 amide bonds. The van der Waals surface area contributed by atoms with Gasteiger partial charge in [-0.05, 0) is 57.2 Å². The first-order chi connectivity index (χ1) is 17.9. The van der Waals surface area contributed by atoms with Gasteiger partial charge in [0, 0.05) is 42.6 Å². The first kappa shape index (κ1) is 25.3. The molecule has 4 heterocycles. The van der Waals surface area contributed by atoms with E-state index in [4.69, 9.17) is 16.3 Å². The minimum absolute atomic E-state index is 0.175. The number of hydrogen-bond donors (Lipinski definition) is 1. The molecule has 0 atom stereocenters. The number of carbonyl (C=O) groups excluding carboxylic acids is 1. The average molecular weight is 536 g/mol. The predicted molar refractivity (Wildman–Crippen MR) is 145 cm³/mol. The Bertz CT molecular complexity index is 1820. The van der Waals surface area contributed by atoms with Gasteiger partial charge in [0.2, 0.25) is 5.95 Å². The fraction of sp³-hybridized carbons (Fsp3) is 0.269. The van der Waals surface area contributed by atoms with Gasteiger partial charge < -0.3 is 14.6 Å². The summed E-state index contributed by atoms with van der Waals surface area (Å²) in [7, 11) is 3.24. The Morgan fingerprint density at radius 1 is 1.05 bits per heavy atom. The third-order valence-corrected chi connectivity index (χ3v) is 6.27. The SMILES string of the molecule is Cn1c(Nc2ccncc2)nc2c1c(=O)n(Cc1cc3cc(Cl)ccc3n1C(=O)OC(C)(C)C)c(=O)n2C. The Kier molecular flexibility index (Phi) is 6.10. The summed E-state index contributed by atoms with van der Waals surface area (Å²) in [5, 5.41) is 4.31. The maximum Gasteiger partial charge on any atom is 0.419 e. The molecule has 0 spiro atoms. The maximum atomic E-state index is 13.7. The van der Waals surface area contributed by atoms with Crippen molar-refractivity contribution in [3.63, 3.8) is 0 Å². The fourth-order valence-corrected chi connectivity index (χ4v) is 4.48. The van der Waals surface area contributed by atoms with E-state index in [2.05, 4.69) is 15.3 Å². The number of nitrogens with one attached hydrogen (secondary N) is 1. The zero-order valence-corrected chi connectivity index (χ0v) is 22.3. The minimum atomic E-state index is -0.754. The van der Waals surface area contributed by atoms with Crippen LogP contribution in [0, 0.1) is 0 Å². The first-order valence-corrected chi connectivity index (χ1v) is 12.2. The number of halogens is 1. The van der Waals surface area contributed by atoms with E-state index in [1.165, 1.54) is 9.13 Å². The number of imidazole rings is 1. The lowest BCUT2D eigenvalue weighted by Crippen LogP contribution is -2.40. The van der Waals surface area contributed by atoms with Crippen LogP contribution in [0.15, 0.2) is 58.4 Å². The lowest BCUT2D eigenvalue weighted by molar-refractivity contribution is 0.0540. The highest BCUT2D eigenvalue weighted by Crippen LogP contribution is 2.26. The first-order valence-electron chi connectivity index (χ1n) is 11.8. The summed E-state index contributed by atoms with van der Waals surface area (Å²) in [6, 6.07) is 10.3. The second-order valence-corrected chi connectivity index (χ2v) is 10.4. The van der Waals surface area contributed by atoms with Gasteiger partial charge in [-0.25, -0.2) is 14.2 Å². The van der Waals surface area contributed by atoms with Crippen molar-refractivity contribution in [3.8, 4) is 0 Å². The lowest BCUT2D eigenvalue weighted by atomic mass is 10.2. The van der Waals surface area contributed by atoms with Crippen LogP contribution >= 0.6 is 11.6 Å². The second-order valence-electron chi connectivity index (χ2n) is 9.91. The van der Waals surface area contributed by atoms with Crippen molar-refractivity contribution in [1.29, 1.82) is 0 Å². The van der Waals surface area contributed by atoms with Crippen molar-refractivity contribution in [1.82, 2.24) is 28.2 Å². The zero-order valence-electron chi connectivity index (χ0n) is 21.5. The van der Waals surface area contributed by atoms with Crippen molar-refractivity contribution in [2.24, 2.45) is 14.1 Å². The van der Waals surface area contributed by atoms with E-state index in [1.54, 1.807) is 88.2 Å². The maximum absolute atomic E-state index is 13.7. The minimum Gasteiger partial charge on any atom is -0.443 e. The molecular formula is C26H26ClN7O4. The number of benzene rings is 1. The number of aromatic nitrogens is 6. The van der Waals surface area contributed by atoms with Crippen LogP contribution in [0.3, 0.4) is 0 Å². The number of nitrogens with zero attached hydrogens (tertiary/aromatic N) is 6. The lowest BCUT2D eigenvalue weighted by Gasteiger charge is -2.21. The monoisotopic (exact) mass is 535 g/mol. The number of fused-ring (bicyclic) bond motifs is 2. The van der Waals surface area contributed by atoms with E-state index in [0.717, 1.165) is 10.3 Å². The number of rotatable bonds is 4. The molecule has 11 nitrogen and oxygen atoms in total. The van der Waals surface area contributed by atoms with E-state index < -0.39 is 22.9 Å². The van der Waals surface area contributed by atoms with Gasteiger partial charge in [0.1, 0.15) is 5.60 Å². The summed E-state index contributed by atoms with van der Waals surface area (Å²) in [6.45, 7) is 5.12. The van der Waals surface area contributed by atoms with Crippen molar-refractivity contribution in [3.05, 3.63) is 80.3 Å². The second kappa shape index (κ2) is 9.18. The zero-order chi connectivity index (χ0) is 27.4. The Labute approximate surface area is 221 Å². The van der Waals surface area contributed by atoms with Gasteiger partial charge in [-0.3, -0.25) is 18.9 Å². The highest BCUT2D eigenvalue weighted by molar-refractivity contribution is 6.31. The predicted octanol–water partition coefficient (Wildman–Crippen LogP) is 4.01. The van der Waals surface area contributed by atoms with Gasteiger partial charge >= 0.3 is 11.8 Å². The number of carbonyl (C=O) groups is 1. The smallest absolute Gasteiger partial charge is 0.419 e. The number of aryl methyl sites for hydroxylation is 2. The van der Waals surface area contributed by atoms with Crippen molar-refractivity contribution in [2.75, 3.05) is 5.32 Å². The van der Waals surface area contributed by atoms with Gasteiger partial charge in [-0.15, -0.1) is 0 Å².